The number of nitrogens with one attached hydrogen (secondary N) is 1. The van der Waals surface area contributed by atoms with E-state index in [-0.39, 0.29) is 5.82 Å². The lowest BCUT2D eigenvalue weighted by Crippen LogP contribution is -1.88. The highest BCUT2D eigenvalue weighted by molar-refractivity contribution is 5.96. The number of hydrogen-bond acceptors (Lipinski definition) is 1. The molecule has 0 aliphatic rings. The zero-order valence-corrected chi connectivity index (χ0v) is 11.5. The lowest BCUT2D eigenvalue weighted by molar-refractivity contribution is 0.630. The number of H-pyrrole nitrogens is 1. The standard InChI is InChI=1S/C18H13FN2/c1-11-8-18(21-17-5-3-2-4-13(11)17)15-10-20-16-7-6-12(19)9-14(15)16/h2-10,20H,1H3. The van der Waals surface area contributed by atoms with Gasteiger partial charge in [-0.2, -0.15) is 0 Å². The molecule has 0 fully saturated rings. The summed E-state index contributed by atoms with van der Waals surface area (Å²) >= 11 is 0. The van der Waals surface area contributed by atoms with Crippen LogP contribution in [0.2, 0.25) is 0 Å². The molecular formula is C18H13FN2. The highest BCUT2D eigenvalue weighted by Crippen LogP contribution is 2.30. The monoisotopic (exact) mass is 276 g/mol. The first kappa shape index (κ1) is 12.1. The second-order valence-corrected chi connectivity index (χ2v) is 5.23. The zero-order valence-electron chi connectivity index (χ0n) is 11.5. The van der Waals surface area contributed by atoms with Crippen LogP contribution in [0, 0.1) is 12.7 Å². The number of nitrogens with zero attached hydrogens (tertiary/aromatic N) is 1. The van der Waals surface area contributed by atoms with Crippen molar-refractivity contribution in [2.45, 2.75) is 6.92 Å². The summed E-state index contributed by atoms with van der Waals surface area (Å²) in [7, 11) is 0. The molecule has 21 heavy (non-hydrogen) atoms. The zero-order chi connectivity index (χ0) is 14.4. The molecule has 0 bridgehead atoms. The van der Waals surface area contributed by atoms with E-state index in [1.54, 1.807) is 12.1 Å². The van der Waals surface area contributed by atoms with Crippen molar-refractivity contribution in [3.8, 4) is 11.3 Å². The quantitative estimate of drug-likeness (QED) is 0.530. The molecule has 0 saturated heterocycles. The molecule has 102 valence electrons. The van der Waals surface area contributed by atoms with Gasteiger partial charge in [-0.15, -0.1) is 0 Å². The Kier molecular flexibility index (Phi) is 2.54. The number of fused-ring (bicyclic) bond motifs is 2. The molecule has 0 atom stereocenters. The fourth-order valence-corrected chi connectivity index (χ4v) is 2.79. The highest BCUT2D eigenvalue weighted by Gasteiger charge is 2.10. The highest BCUT2D eigenvalue weighted by atomic mass is 19.1. The van der Waals surface area contributed by atoms with E-state index in [4.69, 9.17) is 4.98 Å². The maximum atomic E-state index is 13.5. The predicted molar refractivity (Wildman–Crippen MR) is 83.7 cm³/mol. The normalized spacial score (nSPS) is 11.3. The van der Waals surface area contributed by atoms with Crippen LogP contribution < -0.4 is 0 Å². The van der Waals surface area contributed by atoms with Crippen molar-refractivity contribution in [3.05, 3.63) is 66.1 Å². The summed E-state index contributed by atoms with van der Waals surface area (Å²) in [6.07, 6.45) is 1.89. The third-order valence-electron chi connectivity index (χ3n) is 3.84. The van der Waals surface area contributed by atoms with Crippen LogP contribution in [0.15, 0.2) is 54.7 Å². The molecule has 2 nitrogen and oxygen atoms in total. The number of rotatable bonds is 1. The van der Waals surface area contributed by atoms with Gasteiger partial charge in [-0.05, 0) is 42.8 Å². The minimum absolute atomic E-state index is 0.235. The minimum atomic E-state index is -0.235. The van der Waals surface area contributed by atoms with Crippen molar-refractivity contribution in [1.82, 2.24) is 9.97 Å². The van der Waals surface area contributed by atoms with Crippen molar-refractivity contribution >= 4 is 21.8 Å². The van der Waals surface area contributed by atoms with Crippen LogP contribution >= 0.6 is 0 Å². The Balaban J connectivity index is 2.02. The van der Waals surface area contributed by atoms with Crippen molar-refractivity contribution in [1.29, 1.82) is 0 Å². The number of hydrogen-bond donors (Lipinski definition) is 1. The summed E-state index contributed by atoms with van der Waals surface area (Å²) in [6.45, 7) is 2.07. The number of aromatic amines is 1. The molecule has 2 aromatic carbocycles. The van der Waals surface area contributed by atoms with Gasteiger partial charge in [0.2, 0.25) is 0 Å². The molecule has 3 heteroatoms. The van der Waals surface area contributed by atoms with Crippen LogP contribution in [-0.4, -0.2) is 9.97 Å². The molecule has 0 saturated carbocycles. The van der Waals surface area contributed by atoms with E-state index in [9.17, 15) is 4.39 Å². The molecule has 0 unspecified atom stereocenters. The Hall–Kier alpha value is -2.68. The van der Waals surface area contributed by atoms with E-state index >= 15 is 0 Å². The Morgan fingerprint density at radius 1 is 1.00 bits per heavy atom. The topological polar surface area (TPSA) is 28.7 Å². The second kappa shape index (κ2) is 4.42. The molecule has 0 aliphatic heterocycles. The van der Waals surface area contributed by atoms with Gasteiger partial charge in [0.05, 0.1) is 11.2 Å². The Morgan fingerprint density at radius 3 is 2.76 bits per heavy atom. The van der Waals surface area contributed by atoms with E-state index in [1.807, 2.05) is 24.4 Å². The summed E-state index contributed by atoms with van der Waals surface area (Å²) in [4.78, 5) is 7.89. The first-order chi connectivity index (χ1) is 10.2. The number of benzene rings is 2. The average molecular weight is 276 g/mol. The third-order valence-corrected chi connectivity index (χ3v) is 3.84. The molecule has 1 N–H and O–H groups in total. The van der Waals surface area contributed by atoms with E-state index in [0.29, 0.717) is 0 Å². The van der Waals surface area contributed by atoms with Gasteiger partial charge in [0.15, 0.2) is 0 Å². The molecule has 2 heterocycles. The average Bonchev–Trinajstić information content (AvgIpc) is 2.90. The first-order valence-electron chi connectivity index (χ1n) is 6.86. The molecule has 0 amide bonds. The number of pyridine rings is 1. The lowest BCUT2D eigenvalue weighted by Gasteiger charge is -2.06. The number of halogens is 1. The van der Waals surface area contributed by atoms with Crippen LogP contribution in [0.1, 0.15) is 5.56 Å². The van der Waals surface area contributed by atoms with Crippen LogP contribution in [-0.2, 0) is 0 Å². The summed E-state index contributed by atoms with van der Waals surface area (Å²) in [5, 5.41) is 2.00. The van der Waals surface area contributed by atoms with E-state index < -0.39 is 0 Å². The number of aromatic nitrogens is 2. The van der Waals surface area contributed by atoms with Gasteiger partial charge < -0.3 is 4.98 Å². The largest absolute Gasteiger partial charge is 0.360 e. The lowest BCUT2D eigenvalue weighted by atomic mass is 10.0. The van der Waals surface area contributed by atoms with Crippen LogP contribution in [0.4, 0.5) is 4.39 Å². The smallest absolute Gasteiger partial charge is 0.123 e. The maximum Gasteiger partial charge on any atom is 0.123 e. The van der Waals surface area contributed by atoms with Gasteiger partial charge in [-0.3, -0.25) is 0 Å². The Bertz CT molecular complexity index is 969. The minimum Gasteiger partial charge on any atom is -0.360 e. The van der Waals surface area contributed by atoms with Gasteiger partial charge in [0.25, 0.3) is 0 Å². The van der Waals surface area contributed by atoms with Gasteiger partial charge in [-0.1, -0.05) is 18.2 Å². The molecule has 4 aromatic rings. The van der Waals surface area contributed by atoms with Crippen molar-refractivity contribution in [2.24, 2.45) is 0 Å². The van der Waals surface area contributed by atoms with Crippen LogP contribution in [0.5, 0.6) is 0 Å². The Labute approximate surface area is 121 Å². The van der Waals surface area contributed by atoms with Crippen molar-refractivity contribution in [2.75, 3.05) is 0 Å². The summed E-state index contributed by atoms with van der Waals surface area (Å²) < 4.78 is 13.5. The van der Waals surface area contributed by atoms with E-state index in [2.05, 4.69) is 24.0 Å². The molecule has 2 aromatic heterocycles. The molecule has 4 rings (SSSR count). The molecule has 0 aliphatic carbocycles. The molecular weight excluding hydrogens is 263 g/mol. The second-order valence-electron chi connectivity index (χ2n) is 5.23. The van der Waals surface area contributed by atoms with Crippen molar-refractivity contribution < 1.29 is 4.39 Å². The number of para-hydroxylation sites is 1. The SMILES string of the molecule is Cc1cc(-c2c[nH]c3ccc(F)cc23)nc2ccccc12. The van der Waals surface area contributed by atoms with Crippen LogP contribution in [0.3, 0.4) is 0 Å². The predicted octanol–water partition coefficient (Wildman–Crippen LogP) is 4.83. The summed E-state index contributed by atoms with van der Waals surface area (Å²) in [6, 6.07) is 14.9. The van der Waals surface area contributed by atoms with Crippen LogP contribution in [0.25, 0.3) is 33.1 Å². The summed E-state index contributed by atoms with van der Waals surface area (Å²) in [5.41, 5.74) is 4.83. The van der Waals surface area contributed by atoms with Gasteiger partial charge in [0.1, 0.15) is 5.82 Å². The van der Waals surface area contributed by atoms with E-state index in [0.717, 1.165) is 33.1 Å². The third kappa shape index (κ3) is 1.89. The van der Waals surface area contributed by atoms with E-state index in [1.165, 1.54) is 11.6 Å². The molecule has 0 radical (unpaired) electrons. The fourth-order valence-electron chi connectivity index (χ4n) is 2.79. The molecule has 0 spiro atoms. The van der Waals surface area contributed by atoms with Gasteiger partial charge in [0, 0.05) is 28.0 Å². The Morgan fingerprint density at radius 2 is 1.86 bits per heavy atom. The van der Waals surface area contributed by atoms with Crippen molar-refractivity contribution in [3.63, 3.8) is 0 Å². The number of aryl methyl sites for hydroxylation is 1. The maximum absolute atomic E-state index is 13.5. The fraction of sp³-hybridized carbons (Fsp3) is 0.0556. The summed E-state index contributed by atoms with van der Waals surface area (Å²) in [5.74, 6) is -0.235. The van der Waals surface area contributed by atoms with Gasteiger partial charge >= 0.3 is 0 Å². The van der Waals surface area contributed by atoms with Gasteiger partial charge in [-0.25, -0.2) is 9.37 Å². The first-order valence-corrected chi connectivity index (χ1v) is 6.86.